The molecule has 0 aliphatic rings. The Morgan fingerprint density at radius 1 is 1.47 bits per heavy atom. The van der Waals surface area contributed by atoms with Gasteiger partial charge in [0.2, 0.25) is 5.91 Å². The molecule has 17 heavy (non-hydrogen) atoms. The van der Waals surface area contributed by atoms with E-state index in [1.165, 1.54) is 0 Å². The molecular formula is C13H21N3O. The Morgan fingerprint density at radius 2 is 2.12 bits per heavy atom. The molecule has 1 unspecified atom stereocenters. The molecular weight excluding hydrogens is 214 g/mol. The summed E-state index contributed by atoms with van der Waals surface area (Å²) in [5, 5.41) is 0. The molecule has 0 aliphatic carbocycles. The lowest BCUT2D eigenvalue weighted by Crippen LogP contribution is -2.44. The zero-order valence-corrected chi connectivity index (χ0v) is 11.0. The third-order valence-corrected chi connectivity index (χ3v) is 2.72. The van der Waals surface area contributed by atoms with Crippen LogP contribution in [0.2, 0.25) is 0 Å². The minimum absolute atomic E-state index is 0.0386. The lowest BCUT2D eigenvalue weighted by molar-refractivity contribution is -0.132. The van der Waals surface area contributed by atoms with Crippen LogP contribution in [0.4, 0.5) is 0 Å². The van der Waals surface area contributed by atoms with E-state index in [-0.39, 0.29) is 11.8 Å². The Balaban J connectivity index is 2.66. The summed E-state index contributed by atoms with van der Waals surface area (Å²) in [6.45, 7) is 6.33. The predicted octanol–water partition coefficient (Wildman–Crippen LogP) is 1.33. The van der Waals surface area contributed by atoms with Gasteiger partial charge in [0.05, 0.1) is 18.3 Å². The molecule has 4 nitrogen and oxygen atoms in total. The summed E-state index contributed by atoms with van der Waals surface area (Å²) in [7, 11) is 1.76. The average Bonchev–Trinajstić information content (AvgIpc) is 2.26. The van der Waals surface area contributed by atoms with Crippen LogP contribution in [0, 0.1) is 12.8 Å². The topological polar surface area (TPSA) is 59.2 Å². The van der Waals surface area contributed by atoms with Crippen LogP contribution >= 0.6 is 0 Å². The molecule has 1 rings (SSSR count). The number of carbonyl (C=O) groups excluding carboxylic acids is 1. The second-order valence-corrected chi connectivity index (χ2v) is 4.73. The number of pyridine rings is 1. The van der Waals surface area contributed by atoms with Crippen LogP contribution in [0.1, 0.15) is 25.2 Å². The molecule has 0 fully saturated rings. The molecule has 1 heterocycles. The summed E-state index contributed by atoms with van der Waals surface area (Å²) in [6, 6.07) is 5.35. The highest BCUT2D eigenvalue weighted by molar-refractivity contribution is 5.81. The van der Waals surface area contributed by atoms with Gasteiger partial charge in [0, 0.05) is 12.7 Å². The molecule has 1 amide bonds. The molecule has 2 N–H and O–H groups in total. The summed E-state index contributed by atoms with van der Waals surface area (Å²) < 4.78 is 0. The van der Waals surface area contributed by atoms with Gasteiger partial charge in [-0.2, -0.15) is 0 Å². The van der Waals surface area contributed by atoms with Crippen LogP contribution in [0.3, 0.4) is 0 Å². The van der Waals surface area contributed by atoms with E-state index in [2.05, 4.69) is 4.98 Å². The first-order valence-electron chi connectivity index (χ1n) is 5.85. The Hall–Kier alpha value is -1.42. The largest absolute Gasteiger partial charge is 0.339 e. The number of hydrogen-bond donors (Lipinski definition) is 1. The van der Waals surface area contributed by atoms with Gasteiger partial charge in [-0.3, -0.25) is 9.78 Å². The summed E-state index contributed by atoms with van der Waals surface area (Å²) in [6.07, 6.45) is 0. The van der Waals surface area contributed by atoms with Crippen LogP contribution in [0.25, 0.3) is 0 Å². The third-order valence-electron chi connectivity index (χ3n) is 2.72. The number of carbonyl (C=O) groups is 1. The van der Waals surface area contributed by atoms with Crippen molar-refractivity contribution in [3.05, 3.63) is 29.6 Å². The van der Waals surface area contributed by atoms with Gasteiger partial charge in [-0.1, -0.05) is 19.9 Å². The molecule has 94 valence electrons. The van der Waals surface area contributed by atoms with Crippen molar-refractivity contribution in [2.24, 2.45) is 11.7 Å². The van der Waals surface area contributed by atoms with E-state index in [0.717, 1.165) is 11.4 Å². The lowest BCUT2D eigenvalue weighted by atomic mass is 10.0. The van der Waals surface area contributed by atoms with Crippen molar-refractivity contribution in [2.75, 3.05) is 7.05 Å². The number of aryl methyl sites for hydroxylation is 1. The first-order chi connectivity index (χ1) is 7.91. The molecule has 0 aliphatic heterocycles. The molecule has 0 saturated carbocycles. The molecule has 4 heteroatoms. The second kappa shape index (κ2) is 5.77. The zero-order chi connectivity index (χ0) is 13.0. The monoisotopic (exact) mass is 235 g/mol. The van der Waals surface area contributed by atoms with Gasteiger partial charge in [0.1, 0.15) is 0 Å². The van der Waals surface area contributed by atoms with E-state index in [0.29, 0.717) is 6.54 Å². The molecule has 1 aromatic heterocycles. The molecule has 0 aromatic carbocycles. The number of aromatic nitrogens is 1. The molecule has 1 aromatic rings. The number of nitrogens with two attached hydrogens (primary N) is 1. The fourth-order valence-corrected chi connectivity index (χ4v) is 1.55. The van der Waals surface area contributed by atoms with Crippen LogP contribution in [-0.2, 0) is 11.3 Å². The SMILES string of the molecule is Cc1cccc(CN(C)C(=O)C(N)C(C)C)n1. The number of likely N-dealkylation sites (N-methyl/N-ethyl adjacent to an activating group) is 1. The van der Waals surface area contributed by atoms with Crippen LogP contribution in [0.5, 0.6) is 0 Å². The third kappa shape index (κ3) is 3.82. The standard InChI is InChI=1S/C13H21N3O/c1-9(2)12(14)13(17)16(4)8-11-7-5-6-10(3)15-11/h5-7,9,12H,8,14H2,1-4H3. The van der Waals surface area contributed by atoms with E-state index in [4.69, 9.17) is 5.73 Å². The normalized spacial score (nSPS) is 12.6. The highest BCUT2D eigenvalue weighted by Crippen LogP contribution is 2.06. The van der Waals surface area contributed by atoms with Gasteiger partial charge >= 0.3 is 0 Å². The molecule has 0 saturated heterocycles. The van der Waals surface area contributed by atoms with Gasteiger partial charge in [-0.15, -0.1) is 0 Å². The lowest BCUT2D eigenvalue weighted by Gasteiger charge is -2.23. The Kier molecular flexibility index (Phi) is 4.63. The number of rotatable bonds is 4. The molecule has 1 atom stereocenters. The summed E-state index contributed by atoms with van der Waals surface area (Å²) in [4.78, 5) is 17.9. The van der Waals surface area contributed by atoms with Gasteiger partial charge in [-0.05, 0) is 25.0 Å². The smallest absolute Gasteiger partial charge is 0.239 e. The average molecular weight is 235 g/mol. The van der Waals surface area contributed by atoms with Gasteiger partial charge in [0.15, 0.2) is 0 Å². The number of hydrogen-bond acceptors (Lipinski definition) is 3. The minimum Gasteiger partial charge on any atom is -0.339 e. The van der Waals surface area contributed by atoms with Crippen molar-refractivity contribution in [1.82, 2.24) is 9.88 Å². The quantitative estimate of drug-likeness (QED) is 0.856. The summed E-state index contributed by atoms with van der Waals surface area (Å²) >= 11 is 0. The predicted molar refractivity (Wildman–Crippen MR) is 68.3 cm³/mol. The van der Waals surface area contributed by atoms with Crippen molar-refractivity contribution < 1.29 is 4.79 Å². The van der Waals surface area contributed by atoms with Crippen molar-refractivity contribution in [2.45, 2.75) is 33.4 Å². The maximum absolute atomic E-state index is 11.9. The van der Waals surface area contributed by atoms with Crippen molar-refractivity contribution >= 4 is 5.91 Å². The summed E-state index contributed by atoms with van der Waals surface area (Å²) in [5.41, 5.74) is 7.67. The van der Waals surface area contributed by atoms with E-state index >= 15 is 0 Å². The highest BCUT2D eigenvalue weighted by Gasteiger charge is 2.21. The van der Waals surface area contributed by atoms with Crippen LogP contribution < -0.4 is 5.73 Å². The van der Waals surface area contributed by atoms with E-state index in [1.54, 1.807) is 11.9 Å². The number of nitrogens with zero attached hydrogens (tertiary/aromatic N) is 2. The first kappa shape index (κ1) is 13.6. The van der Waals surface area contributed by atoms with Gasteiger partial charge in [-0.25, -0.2) is 0 Å². The molecule has 0 bridgehead atoms. The Bertz CT molecular complexity index is 390. The second-order valence-electron chi connectivity index (χ2n) is 4.73. The minimum atomic E-state index is -0.440. The fourth-order valence-electron chi connectivity index (χ4n) is 1.55. The van der Waals surface area contributed by atoms with Crippen LogP contribution in [-0.4, -0.2) is 28.9 Å². The van der Waals surface area contributed by atoms with E-state index < -0.39 is 6.04 Å². The fraction of sp³-hybridized carbons (Fsp3) is 0.538. The van der Waals surface area contributed by atoms with E-state index in [9.17, 15) is 4.79 Å². The zero-order valence-electron chi connectivity index (χ0n) is 11.0. The van der Waals surface area contributed by atoms with E-state index in [1.807, 2.05) is 39.0 Å². The van der Waals surface area contributed by atoms with Gasteiger partial charge < -0.3 is 10.6 Å². The van der Waals surface area contributed by atoms with Gasteiger partial charge in [0.25, 0.3) is 0 Å². The Labute approximate surface area is 103 Å². The number of amides is 1. The van der Waals surface area contributed by atoms with Crippen molar-refractivity contribution in [1.29, 1.82) is 0 Å². The summed E-state index contributed by atoms with van der Waals surface area (Å²) in [5.74, 6) is 0.110. The molecule has 0 radical (unpaired) electrons. The van der Waals surface area contributed by atoms with Crippen molar-refractivity contribution in [3.63, 3.8) is 0 Å². The maximum Gasteiger partial charge on any atom is 0.239 e. The maximum atomic E-state index is 11.9. The first-order valence-corrected chi connectivity index (χ1v) is 5.85. The highest BCUT2D eigenvalue weighted by atomic mass is 16.2. The molecule has 0 spiro atoms. The van der Waals surface area contributed by atoms with Crippen molar-refractivity contribution in [3.8, 4) is 0 Å². The Morgan fingerprint density at radius 3 is 2.65 bits per heavy atom. The van der Waals surface area contributed by atoms with Crippen LogP contribution in [0.15, 0.2) is 18.2 Å².